The molecule has 18 heavy (non-hydrogen) atoms. The fourth-order valence-electron chi connectivity index (χ4n) is 1.34. The largest absolute Gasteiger partial charge is 0.468 e. The minimum atomic E-state index is -0.285. The lowest BCUT2D eigenvalue weighted by molar-refractivity contribution is -0.137. The zero-order valence-electron chi connectivity index (χ0n) is 10.8. The molecule has 3 nitrogen and oxygen atoms in total. The molecule has 0 aromatic heterocycles. The third-order valence-corrected chi connectivity index (χ3v) is 3.39. The molecule has 0 fully saturated rings. The first kappa shape index (κ1) is 15.0. The van der Waals surface area contributed by atoms with Gasteiger partial charge in [-0.3, -0.25) is 4.79 Å². The first-order valence-electron chi connectivity index (χ1n) is 5.74. The Bertz CT molecular complexity index is 410. The van der Waals surface area contributed by atoms with E-state index in [1.165, 1.54) is 31.0 Å². The van der Waals surface area contributed by atoms with Gasteiger partial charge in [-0.05, 0) is 23.8 Å². The molecule has 1 aromatic rings. The fraction of sp³-hybridized carbons (Fsp3) is 0.462. The highest BCUT2D eigenvalue weighted by Gasteiger charge is 2.08. The van der Waals surface area contributed by atoms with E-state index >= 15 is 0 Å². The van der Waals surface area contributed by atoms with Gasteiger partial charge in [-0.1, -0.05) is 13.8 Å². The Balaban J connectivity index is 2.72. The SMILES string of the molecule is COC(=O)CSc1ccc(F)cc1CNC(C)C. The van der Waals surface area contributed by atoms with Crippen molar-refractivity contribution in [1.29, 1.82) is 0 Å². The highest BCUT2D eigenvalue weighted by Crippen LogP contribution is 2.23. The number of esters is 1. The normalized spacial score (nSPS) is 10.7. The minimum absolute atomic E-state index is 0.233. The van der Waals surface area contributed by atoms with Crippen LogP contribution < -0.4 is 5.32 Å². The number of halogens is 1. The van der Waals surface area contributed by atoms with E-state index < -0.39 is 0 Å². The second kappa shape index (κ2) is 7.38. The van der Waals surface area contributed by atoms with Crippen LogP contribution in [0.4, 0.5) is 4.39 Å². The monoisotopic (exact) mass is 271 g/mol. The fourth-order valence-corrected chi connectivity index (χ4v) is 2.21. The van der Waals surface area contributed by atoms with Gasteiger partial charge >= 0.3 is 5.97 Å². The molecule has 0 unspecified atom stereocenters. The standard InChI is InChI=1S/C13H18FNO2S/c1-9(2)15-7-10-6-11(14)4-5-12(10)18-8-13(16)17-3/h4-6,9,15H,7-8H2,1-3H3. The Hall–Kier alpha value is -1.07. The van der Waals surface area contributed by atoms with Crippen LogP contribution >= 0.6 is 11.8 Å². The molecule has 0 atom stereocenters. The summed E-state index contributed by atoms with van der Waals surface area (Å²) in [5.74, 6) is -0.318. The molecule has 0 spiro atoms. The number of rotatable bonds is 6. The molecule has 0 aliphatic carbocycles. The van der Waals surface area contributed by atoms with Crippen molar-refractivity contribution >= 4 is 17.7 Å². The van der Waals surface area contributed by atoms with Gasteiger partial charge in [0.25, 0.3) is 0 Å². The summed E-state index contributed by atoms with van der Waals surface area (Å²) in [5.41, 5.74) is 0.859. The first-order chi connectivity index (χ1) is 8.52. The van der Waals surface area contributed by atoms with Crippen molar-refractivity contribution in [3.8, 4) is 0 Å². The van der Waals surface area contributed by atoms with Gasteiger partial charge in [0.1, 0.15) is 5.82 Å². The van der Waals surface area contributed by atoms with E-state index in [1.807, 2.05) is 13.8 Å². The third-order valence-electron chi connectivity index (χ3n) is 2.30. The van der Waals surface area contributed by atoms with Crippen LogP contribution in [0.15, 0.2) is 23.1 Å². The number of carbonyl (C=O) groups excluding carboxylic acids is 1. The summed E-state index contributed by atoms with van der Waals surface area (Å²) < 4.78 is 17.8. The molecule has 0 radical (unpaired) electrons. The summed E-state index contributed by atoms with van der Waals surface area (Å²) in [6, 6.07) is 4.92. The van der Waals surface area contributed by atoms with Gasteiger partial charge in [0.05, 0.1) is 12.9 Å². The van der Waals surface area contributed by atoms with E-state index in [1.54, 1.807) is 6.07 Å². The zero-order chi connectivity index (χ0) is 13.5. The Morgan fingerprint density at radius 3 is 2.83 bits per heavy atom. The quantitative estimate of drug-likeness (QED) is 0.637. The molecule has 0 heterocycles. The summed E-state index contributed by atoms with van der Waals surface area (Å²) >= 11 is 1.36. The van der Waals surface area contributed by atoms with Crippen LogP contribution in [0.1, 0.15) is 19.4 Å². The maximum atomic E-state index is 13.2. The van der Waals surface area contributed by atoms with Crippen LogP contribution in [0.25, 0.3) is 0 Å². The van der Waals surface area contributed by atoms with Crippen LogP contribution in [0.2, 0.25) is 0 Å². The van der Waals surface area contributed by atoms with Gasteiger partial charge < -0.3 is 10.1 Å². The second-order valence-corrected chi connectivity index (χ2v) is 5.17. The number of carbonyl (C=O) groups is 1. The number of ether oxygens (including phenoxy) is 1. The van der Waals surface area contributed by atoms with E-state index in [0.29, 0.717) is 12.6 Å². The van der Waals surface area contributed by atoms with E-state index in [0.717, 1.165) is 10.5 Å². The van der Waals surface area contributed by atoms with Crippen molar-refractivity contribution in [1.82, 2.24) is 5.32 Å². The highest BCUT2D eigenvalue weighted by molar-refractivity contribution is 8.00. The molecular weight excluding hydrogens is 253 g/mol. The smallest absolute Gasteiger partial charge is 0.315 e. The molecule has 1 rings (SSSR count). The minimum Gasteiger partial charge on any atom is -0.468 e. The van der Waals surface area contributed by atoms with Crippen molar-refractivity contribution in [3.05, 3.63) is 29.6 Å². The number of thioether (sulfide) groups is 1. The average molecular weight is 271 g/mol. The van der Waals surface area contributed by atoms with E-state index in [-0.39, 0.29) is 17.5 Å². The predicted octanol–water partition coefficient (Wildman–Crippen LogP) is 2.59. The van der Waals surface area contributed by atoms with E-state index in [2.05, 4.69) is 10.1 Å². The molecule has 0 bridgehead atoms. The molecule has 1 aromatic carbocycles. The van der Waals surface area contributed by atoms with Crippen LogP contribution in [0.3, 0.4) is 0 Å². The van der Waals surface area contributed by atoms with Crippen molar-refractivity contribution in [2.45, 2.75) is 31.3 Å². The van der Waals surface area contributed by atoms with Crippen LogP contribution in [-0.2, 0) is 16.1 Å². The summed E-state index contributed by atoms with van der Waals surface area (Å²) in [6.45, 7) is 4.64. The lowest BCUT2D eigenvalue weighted by atomic mass is 10.2. The Morgan fingerprint density at radius 1 is 1.50 bits per heavy atom. The number of hydrogen-bond donors (Lipinski definition) is 1. The molecule has 0 amide bonds. The Morgan fingerprint density at radius 2 is 2.22 bits per heavy atom. The summed E-state index contributed by atoms with van der Waals surface area (Å²) in [6.07, 6.45) is 0. The maximum absolute atomic E-state index is 13.2. The third kappa shape index (κ3) is 5.06. The van der Waals surface area contributed by atoms with Crippen molar-refractivity contribution in [3.63, 3.8) is 0 Å². The second-order valence-electron chi connectivity index (χ2n) is 4.15. The highest BCUT2D eigenvalue weighted by atomic mass is 32.2. The molecule has 0 aliphatic rings. The Labute approximate surface area is 111 Å². The topological polar surface area (TPSA) is 38.3 Å². The number of nitrogens with one attached hydrogen (secondary N) is 1. The van der Waals surface area contributed by atoms with Crippen molar-refractivity contribution in [2.24, 2.45) is 0 Å². The lowest BCUT2D eigenvalue weighted by Gasteiger charge is -2.12. The lowest BCUT2D eigenvalue weighted by Crippen LogP contribution is -2.22. The summed E-state index contributed by atoms with van der Waals surface area (Å²) in [7, 11) is 1.36. The number of benzene rings is 1. The van der Waals surface area contributed by atoms with Gasteiger partial charge in [0.15, 0.2) is 0 Å². The van der Waals surface area contributed by atoms with Gasteiger partial charge in [0.2, 0.25) is 0 Å². The van der Waals surface area contributed by atoms with E-state index in [9.17, 15) is 9.18 Å². The van der Waals surface area contributed by atoms with Gasteiger partial charge in [-0.2, -0.15) is 0 Å². The zero-order valence-corrected chi connectivity index (χ0v) is 11.6. The van der Waals surface area contributed by atoms with Crippen molar-refractivity contribution in [2.75, 3.05) is 12.9 Å². The van der Waals surface area contributed by atoms with Gasteiger partial charge in [0, 0.05) is 17.5 Å². The number of hydrogen-bond acceptors (Lipinski definition) is 4. The van der Waals surface area contributed by atoms with Crippen LogP contribution in [-0.4, -0.2) is 24.9 Å². The number of methoxy groups -OCH3 is 1. The average Bonchev–Trinajstić information content (AvgIpc) is 2.34. The van der Waals surface area contributed by atoms with Gasteiger partial charge in [-0.25, -0.2) is 4.39 Å². The van der Waals surface area contributed by atoms with E-state index in [4.69, 9.17) is 0 Å². The van der Waals surface area contributed by atoms with Crippen LogP contribution in [0.5, 0.6) is 0 Å². The summed E-state index contributed by atoms with van der Waals surface area (Å²) in [4.78, 5) is 12.0. The predicted molar refractivity (Wildman–Crippen MR) is 71.1 cm³/mol. The molecule has 0 aliphatic heterocycles. The first-order valence-corrected chi connectivity index (χ1v) is 6.73. The Kier molecular flexibility index (Phi) is 6.15. The molecule has 100 valence electrons. The maximum Gasteiger partial charge on any atom is 0.315 e. The molecular formula is C13H18FNO2S. The molecule has 5 heteroatoms. The van der Waals surface area contributed by atoms with Gasteiger partial charge in [-0.15, -0.1) is 11.8 Å². The van der Waals surface area contributed by atoms with Crippen LogP contribution in [0, 0.1) is 5.82 Å². The van der Waals surface area contributed by atoms with Crippen molar-refractivity contribution < 1.29 is 13.9 Å². The summed E-state index contributed by atoms with van der Waals surface area (Å²) in [5, 5.41) is 3.23. The molecule has 1 N–H and O–H groups in total. The molecule has 0 saturated carbocycles. The molecule has 0 saturated heterocycles.